The lowest BCUT2D eigenvalue weighted by Crippen LogP contribution is -2.15. The Kier molecular flexibility index (Phi) is 5.28. The molecule has 2 aromatic rings. The molecule has 1 atom stereocenters. The zero-order chi connectivity index (χ0) is 13.8. The van der Waals surface area contributed by atoms with E-state index < -0.39 is 0 Å². The molecule has 0 saturated heterocycles. The third-order valence-corrected chi connectivity index (χ3v) is 4.42. The van der Waals surface area contributed by atoms with Crippen LogP contribution < -0.4 is 5.73 Å². The van der Waals surface area contributed by atoms with Crippen LogP contribution in [-0.2, 0) is 6.42 Å². The standard InChI is InChI=1S/C15H14BrCl2N/c16-14-4-2-1-3-13(14)11(9-19)7-10-5-6-12(17)8-15(10)18/h1-6,8,11H,7,9,19H2. The summed E-state index contributed by atoms with van der Waals surface area (Å²) >= 11 is 15.7. The molecular weight excluding hydrogens is 345 g/mol. The fourth-order valence-electron chi connectivity index (χ4n) is 2.08. The van der Waals surface area contributed by atoms with Crippen molar-refractivity contribution in [3.63, 3.8) is 0 Å². The molecule has 0 heterocycles. The van der Waals surface area contributed by atoms with Gasteiger partial charge in [-0.05, 0) is 42.3 Å². The van der Waals surface area contributed by atoms with E-state index in [1.807, 2.05) is 30.3 Å². The first-order chi connectivity index (χ1) is 9.11. The molecule has 0 radical (unpaired) electrons. The molecule has 0 fully saturated rings. The molecule has 1 nitrogen and oxygen atoms in total. The van der Waals surface area contributed by atoms with E-state index in [-0.39, 0.29) is 5.92 Å². The highest BCUT2D eigenvalue weighted by Crippen LogP contribution is 2.30. The van der Waals surface area contributed by atoms with Crippen LogP contribution in [0.25, 0.3) is 0 Å². The summed E-state index contributed by atoms with van der Waals surface area (Å²) in [7, 11) is 0. The van der Waals surface area contributed by atoms with Gasteiger partial charge < -0.3 is 5.73 Å². The molecule has 0 amide bonds. The Hall–Kier alpha value is -0.540. The van der Waals surface area contributed by atoms with Crippen LogP contribution in [0.3, 0.4) is 0 Å². The number of rotatable bonds is 4. The van der Waals surface area contributed by atoms with Gasteiger partial charge >= 0.3 is 0 Å². The smallest absolute Gasteiger partial charge is 0.0453 e. The normalized spacial score (nSPS) is 12.4. The minimum Gasteiger partial charge on any atom is -0.330 e. The highest BCUT2D eigenvalue weighted by molar-refractivity contribution is 9.10. The molecule has 2 rings (SSSR count). The summed E-state index contributed by atoms with van der Waals surface area (Å²) in [4.78, 5) is 0. The first-order valence-corrected chi connectivity index (χ1v) is 7.55. The van der Waals surface area contributed by atoms with Gasteiger partial charge in [0.25, 0.3) is 0 Å². The van der Waals surface area contributed by atoms with Crippen molar-refractivity contribution in [1.82, 2.24) is 0 Å². The molecule has 2 aromatic carbocycles. The fraction of sp³-hybridized carbons (Fsp3) is 0.200. The number of halogens is 3. The van der Waals surface area contributed by atoms with Crippen LogP contribution in [0.2, 0.25) is 10.0 Å². The summed E-state index contributed by atoms with van der Waals surface area (Å²) in [6.45, 7) is 0.571. The van der Waals surface area contributed by atoms with Gasteiger partial charge in [-0.25, -0.2) is 0 Å². The van der Waals surface area contributed by atoms with Crippen LogP contribution in [0.4, 0.5) is 0 Å². The van der Waals surface area contributed by atoms with Gasteiger partial charge in [0, 0.05) is 20.4 Å². The average molecular weight is 359 g/mol. The average Bonchev–Trinajstić information content (AvgIpc) is 2.39. The van der Waals surface area contributed by atoms with Gasteiger partial charge in [0.2, 0.25) is 0 Å². The summed E-state index contributed by atoms with van der Waals surface area (Å²) in [6, 6.07) is 13.7. The van der Waals surface area contributed by atoms with E-state index in [0.29, 0.717) is 16.6 Å². The largest absolute Gasteiger partial charge is 0.330 e. The topological polar surface area (TPSA) is 26.0 Å². The molecular formula is C15H14BrCl2N. The van der Waals surface area contributed by atoms with Crippen molar-refractivity contribution >= 4 is 39.1 Å². The highest BCUT2D eigenvalue weighted by atomic mass is 79.9. The number of benzene rings is 2. The molecule has 19 heavy (non-hydrogen) atoms. The maximum atomic E-state index is 6.22. The van der Waals surface area contributed by atoms with Crippen molar-refractivity contribution in [2.45, 2.75) is 12.3 Å². The Morgan fingerprint density at radius 2 is 1.84 bits per heavy atom. The summed E-state index contributed by atoms with van der Waals surface area (Å²) < 4.78 is 1.08. The molecule has 0 aliphatic rings. The molecule has 0 aliphatic heterocycles. The number of hydrogen-bond acceptors (Lipinski definition) is 1. The van der Waals surface area contributed by atoms with E-state index in [2.05, 4.69) is 22.0 Å². The summed E-state index contributed by atoms with van der Waals surface area (Å²) in [6.07, 6.45) is 0.801. The van der Waals surface area contributed by atoms with Gasteiger partial charge in [-0.3, -0.25) is 0 Å². The second-order valence-electron chi connectivity index (χ2n) is 4.39. The monoisotopic (exact) mass is 357 g/mol. The van der Waals surface area contributed by atoms with Crippen molar-refractivity contribution in [1.29, 1.82) is 0 Å². The molecule has 100 valence electrons. The van der Waals surface area contributed by atoms with Gasteiger partial charge in [0.15, 0.2) is 0 Å². The summed E-state index contributed by atoms with van der Waals surface area (Å²) in [5, 5.41) is 1.34. The molecule has 4 heteroatoms. The second-order valence-corrected chi connectivity index (χ2v) is 6.09. The molecule has 0 aromatic heterocycles. The Balaban J connectivity index is 2.27. The molecule has 0 bridgehead atoms. The second kappa shape index (κ2) is 6.76. The maximum absolute atomic E-state index is 6.22. The molecule has 0 aliphatic carbocycles. The molecule has 1 unspecified atom stereocenters. The van der Waals surface area contributed by atoms with E-state index in [9.17, 15) is 0 Å². The molecule has 0 spiro atoms. The van der Waals surface area contributed by atoms with Crippen molar-refractivity contribution in [2.75, 3.05) is 6.54 Å². The van der Waals surface area contributed by atoms with Gasteiger partial charge in [0.1, 0.15) is 0 Å². The van der Waals surface area contributed by atoms with Gasteiger partial charge in [-0.1, -0.05) is 63.4 Å². The highest BCUT2D eigenvalue weighted by Gasteiger charge is 2.15. The Labute approximate surface area is 131 Å². The minimum atomic E-state index is 0.231. The van der Waals surface area contributed by atoms with Crippen LogP contribution in [0.15, 0.2) is 46.9 Å². The fourth-order valence-corrected chi connectivity index (χ4v) is 3.17. The van der Waals surface area contributed by atoms with Gasteiger partial charge in [0.05, 0.1) is 0 Å². The van der Waals surface area contributed by atoms with Gasteiger partial charge in [-0.2, -0.15) is 0 Å². The van der Waals surface area contributed by atoms with E-state index in [0.717, 1.165) is 16.5 Å². The first kappa shape index (κ1) is 14.9. The summed E-state index contributed by atoms with van der Waals surface area (Å²) in [5.74, 6) is 0.231. The molecule has 2 N–H and O–H groups in total. The lowest BCUT2D eigenvalue weighted by atomic mass is 9.92. The zero-order valence-corrected chi connectivity index (χ0v) is 13.3. The number of nitrogens with two attached hydrogens (primary N) is 1. The third kappa shape index (κ3) is 3.73. The zero-order valence-electron chi connectivity index (χ0n) is 10.2. The van der Waals surface area contributed by atoms with Crippen molar-refractivity contribution in [2.24, 2.45) is 5.73 Å². The predicted octanol–water partition coefficient (Wildman–Crippen LogP) is 5.04. The SMILES string of the molecule is NCC(Cc1ccc(Cl)cc1Cl)c1ccccc1Br. The Morgan fingerprint density at radius 1 is 1.11 bits per heavy atom. The predicted molar refractivity (Wildman–Crippen MR) is 86.1 cm³/mol. The van der Waals surface area contributed by atoms with E-state index in [1.54, 1.807) is 6.07 Å². The van der Waals surface area contributed by atoms with E-state index in [1.165, 1.54) is 5.56 Å². The maximum Gasteiger partial charge on any atom is 0.0453 e. The van der Waals surface area contributed by atoms with Crippen LogP contribution in [-0.4, -0.2) is 6.54 Å². The Bertz CT molecular complexity index is 572. The van der Waals surface area contributed by atoms with E-state index in [4.69, 9.17) is 28.9 Å². The van der Waals surface area contributed by atoms with Crippen LogP contribution in [0.5, 0.6) is 0 Å². The lowest BCUT2D eigenvalue weighted by molar-refractivity contribution is 0.691. The minimum absolute atomic E-state index is 0.231. The quantitative estimate of drug-likeness (QED) is 0.813. The van der Waals surface area contributed by atoms with Crippen LogP contribution >= 0.6 is 39.1 Å². The van der Waals surface area contributed by atoms with Crippen LogP contribution in [0, 0.1) is 0 Å². The van der Waals surface area contributed by atoms with Crippen molar-refractivity contribution < 1.29 is 0 Å². The summed E-state index contributed by atoms with van der Waals surface area (Å²) in [5.41, 5.74) is 8.18. The number of hydrogen-bond donors (Lipinski definition) is 1. The third-order valence-electron chi connectivity index (χ3n) is 3.11. The van der Waals surface area contributed by atoms with Crippen molar-refractivity contribution in [3.05, 3.63) is 68.1 Å². The Morgan fingerprint density at radius 3 is 2.47 bits per heavy atom. The van der Waals surface area contributed by atoms with Gasteiger partial charge in [-0.15, -0.1) is 0 Å². The first-order valence-electron chi connectivity index (χ1n) is 6.00. The van der Waals surface area contributed by atoms with E-state index >= 15 is 0 Å². The van der Waals surface area contributed by atoms with Crippen molar-refractivity contribution in [3.8, 4) is 0 Å². The molecule has 0 saturated carbocycles. The van der Waals surface area contributed by atoms with Crippen LogP contribution in [0.1, 0.15) is 17.0 Å². The lowest BCUT2D eigenvalue weighted by Gasteiger charge is -2.17.